The number of carbonyl (C=O) groups excluding carboxylic acids is 1. The van der Waals surface area contributed by atoms with Gasteiger partial charge in [0.05, 0.1) is 12.0 Å². The number of aromatic hydroxyl groups is 1. The number of rotatable bonds is 4. The molecule has 0 saturated carbocycles. The molecule has 0 aromatic heterocycles. The van der Waals surface area contributed by atoms with Crippen LogP contribution in [0.3, 0.4) is 0 Å². The lowest BCUT2D eigenvalue weighted by atomic mass is 10.1. The molecule has 2 aromatic carbocycles. The van der Waals surface area contributed by atoms with Crippen LogP contribution < -0.4 is 4.74 Å². The number of nitrogens with zero attached hydrogens (tertiary/aromatic N) is 2. The van der Waals surface area contributed by atoms with Gasteiger partial charge in [-0.15, -0.1) is 0 Å². The molecule has 7 nitrogen and oxygen atoms in total. The van der Waals surface area contributed by atoms with Crippen molar-refractivity contribution in [2.75, 3.05) is 20.2 Å². The van der Waals surface area contributed by atoms with E-state index in [0.717, 1.165) is 5.56 Å². The van der Waals surface area contributed by atoms with Crippen molar-refractivity contribution in [1.29, 1.82) is 0 Å². The summed E-state index contributed by atoms with van der Waals surface area (Å²) in [6.45, 7) is 3.76. The molecule has 1 fully saturated rings. The summed E-state index contributed by atoms with van der Waals surface area (Å²) in [5, 5.41) is 9.85. The van der Waals surface area contributed by atoms with E-state index in [9.17, 15) is 18.3 Å². The molecular formula is C19H22N2O5S. The fourth-order valence-electron chi connectivity index (χ4n) is 3.23. The summed E-state index contributed by atoms with van der Waals surface area (Å²) < 4.78 is 32.9. The highest BCUT2D eigenvalue weighted by atomic mass is 32.2. The number of ether oxygens (including phenoxy) is 1. The smallest absolute Gasteiger partial charge is 0.245 e. The van der Waals surface area contributed by atoms with Crippen molar-refractivity contribution >= 4 is 15.9 Å². The maximum Gasteiger partial charge on any atom is 0.245 e. The molecule has 1 amide bonds. The van der Waals surface area contributed by atoms with Crippen LogP contribution in [0.25, 0.3) is 0 Å². The minimum Gasteiger partial charge on any atom is -0.504 e. The molecule has 27 heavy (non-hydrogen) atoms. The lowest BCUT2D eigenvalue weighted by molar-refractivity contribution is -0.130. The van der Waals surface area contributed by atoms with Gasteiger partial charge in [0.1, 0.15) is 6.17 Å². The number of phenolic OH excluding ortho intramolecular Hbond substituents is 1. The highest BCUT2D eigenvalue weighted by molar-refractivity contribution is 7.89. The van der Waals surface area contributed by atoms with Gasteiger partial charge in [-0.25, -0.2) is 8.42 Å². The first-order chi connectivity index (χ1) is 12.8. The summed E-state index contributed by atoms with van der Waals surface area (Å²) in [6.07, 6.45) is -0.802. The Morgan fingerprint density at radius 2 is 1.81 bits per heavy atom. The second-order valence-corrected chi connectivity index (χ2v) is 8.34. The Bertz CT molecular complexity index is 957. The predicted octanol–water partition coefficient (Wildman–Crippen LogP) is 2.26. The number of sulfonamides is 1. The Morgan fingerprint density at radius 3 is 2.41 bits per heavy atom. The Balaban J connectivity index is 2.08. The summed E-state index contributed by atoms with van der Waals surface area (Å²) in [5.41, 5.74) is 1.51. The van der Waals surface area contributed by atoms with E-state index in [0.29, 0.717) is 5.56 Å². The number of carbonyl (C=O) groups is 1. The van der Waals surface area contributed by atoms with E-state index in [1.807, 2.05) is 6.92 Å². The maximum absolute atomic E-state index is 13.2. The largest absolute Gasteiger partial charge is 0.504 e. The highest BCUT2D eigenvalue weighted by Crippen LogP contribution is 2.38. The van der Waals surface area contributed by atoms with Gasteiger partial charge in [-0.05, 0) is 36.8 Å². The van der Waals surface area contributed by atoms with Crippen LogP contribution in [0.4, 0.5) is 0 Å². The Hall–Kier alpha value is -2.58. The minimum absolute atomic E-state index is 0.0541. The average Bonchev–Trinajstić information content (AvgIpc) is 3.09. The average molecular weight is 390 g/mol. The van der Waals surface area contributed by atoms with Gasteiger partial charge >= 0.3 is 0 Å². The van der Waals surface area contributed by atoms with Crippen LogP contribution in [0.5, 0.6) is 11.5 Å². The van der Waals surface area contributed by atoms with Crippen LogP contribution in [0.1, 0.15) is 24.2 Å². The first-order valence-corrected chi connectivity index (χ1v) is 9.92. The fraction of sp³-hybridized carbons (Fsp3) is 0.316. The van der Waals surface area contributed by atoms with Crippen molar-refractivity contribution in [1.82, 2.24) is 9.21 Å². The summed E-state index contributed by atoms with van der Waals surface area (Å²) >= 11 is 0. The summed E-state index contributed by atoms with van der Waals surface area (Å²) in [5.74, 6) is -0.0641. The second-order valence-electron chi connectivity index (χ2n) is 6.45. The number of phenols is 1. The molecule has 0 radical (unpaired) electrons. The monoisotopic (exact) mass is 390 g/mol. The summed E-state index contributed by atoms with van der Waals surface area (Å²) in [6, 6.07) is 11.2. The Morgan fingerprint density at radius 1 is 1.15 bits per heavy atom. The number of hydrogen-bond donors (Lipinski definition) is 1. The van der Waals surface area contributed by atoms with Gasteiger partial charge in [-0.1, -0.05) is 23.8 Å². The third-order valence-electron chi connectivity index (χ3n) is 4.66. The van der Waals surface area contributed by atoms with E-state index in [1.54, 1.807) is 36.4 Å². The number of hydrogen-bond acceptors (Lipinski definition) is 5. The van der Waals surface area contributed by atoms with Crippen molar-refractivity contribution in [2.24, 2.45) is 0 Å². The molecule has 1 aliphatic heterocycles. The first kappa shape index (κ1) is 19.2. The molecule has 0 unspecified atom stereocenters. The molecule has 0 aliphatic carbocycles. The van der Waals surface area contributed by atoms with E-state index in [4.69, 9.17) is 4.74 Å². The second kappa shape index (κ2) is 7.21. The predicted molar refractivity (Wildman–Crippen MR) is 99.9 cm³/mol. The van der Waals surface area contributed by atoms with Crippen molar-refractivity contribution in [2.45, 2.75) is 24.9 Å². The molecule has 1 saturated heterocycles. The zero-order valence-corrected chi connectivity index (χ0v) is 16.2. The zero-order valence-electron chi connectivity index (χ0n) is 15.4. The third-order valence-corrected chi connectivity index (χ3v) is 6.53. The quantitative estimate of drug-likeness (QED) is 0.865. The third kappa shape index (κ3) is 3.50. The number of aryl methyl sites for hydroxylation is 1. The van der Waals surface area contributed by atoms with Gasteiger partial charge in [0.25, 0.3) is 0 Å². The normalized spacial score (nSPS) is 17.9. The SMILES string of the molecule is COc1cc([C@@H]2N(C(C)=O)CCN2S(=O)(=O)c2ccc(C)cc2)ccc1O. The number of amides is 1. The topological polar surface area (TPSA) is 87.2 Å². The number of methoxy groups -OCH3 is 1. The minimum atomic E-state index is -3.81. The van der Waals surface area contributed by atoms with Crippen LogP contribution in [0.15, 0.2) is 47.4 Å². The first-order valence-electron chi connectivity index (χ1n) is 8.48. The molecule has 0 bridgehead atoms. The summed E-state index contributed by atoms with van der Waals surface area (Å²) in [4.78, 5) is 13.8. The van der Waals surface area contributed by atoms with E-state index >= 15 is 0 Å². The molecule has 0 spiro atoms. The van der Waals surface area contributed by atoms with E-state index in [-0.39, 0.29) is 35.4 Å². The van der Waals surface area contributed by atoms with E-state index < -0.39 is 16.2 Å². The van der Waals surface area contributed by atoms with Crippen LogP contribution in [0, 0.1) is 6.92 Å². The van der Waals surface area contributed by atoms with Crippen molar-refractivity contribution in [3.8, 4) is 11.5 Å². The lowest BCUT2D eigenvalue weighted by Crippen LogP contribution is -2.37. The Labute approximate surface area is 158 Å². The zero-order chi connectivity index (χ0) is 19.8. The van der Waals surface area contributed by atoms with Gasteiger partial charge in [0.2, 0.25) is 15.9 Å². The Kier molecular flexibility index (Phi) is 5.12. The van der Waals surface area contributed by atoms with Gasteiger partial charge in [-0.3, -0.25) is 4.79 Å². The molecule has 1 heterocycles. The van der Waals surface area contributed by atoms with Gasteiger partial charge in [0, 0.05) is 20.0 Å². The van der Waals surface area contributed by atoms with Crippen molar-refractivity contribution < 1.29 is 23.1 Å². The van der Waals surface area contributed by atoms with E-state index in [2.05, 4.69) is 0 Å². The maximum atomic E-state index is 13.2. The fourth-order valence-corrected chi connectivity index (χ4v) is 4.81. The van der Waals surface area contributed by atoms with Gasteiger partial charge < -0.3 is 14.7 Å². The van der Waals surface area contributed by atoms with Crippen molar-refractivity contribution in [3.63, 3.8) is 0 Å². The highest BCUT2D eigenvalue weighted by Gasteiger charge is 2.42. The molecular weight excluding hydrogens is 368 g/mol. The summed E-state index contributed by atoms with van der Waals surface area (Å²) in [7, 11) is -2.40. The van der Waals surface area contributed by atoms with Crippen LogP contribution in [0.2, 0.25) is 0 Å². The standard InChI is InChI=1S/C19H22N2O5S/c1-13-4-7-16(8-5-13)27(24,25)21-11-10-20(14(2)22)19(21)15-6-9-17(23)18(12-15)26-3/h4-9,12,19,23H,10-11H2,1-3H3/t19-/m1/s1. The van der Waals surface area contributed by atoms with Crippen LogP contribution >= 0.6 is 0 Å². The lowest BCUT2D eigenvalue weighted by Gasteiger charge is -2.29. The molecule has 1 atom stereocenters. The molecule has 8 heteroatoms. The molecule has 1 N–H and O–H groups in total. The van der Waals surface area contributed by atoms with Crippen LogP contribution in [-0.2, 0) is 14.8 Å². The van der Waals surface area contributed by atoms with E-state index in [1.165, 1.54) is 29.3 Å². The van der Waals surface area contributed by atoms with Crippen molar-refractivity contribution in [3.05, 3.63) is 53.6 Å². The molecule has 2 aromatic rings. The molecule has 3 rings (SSSR count). The van der Waals surface area contributed by atoms with Gasteiger partial charge in [-0.2, -0.15) is 4.31 Å². The number of benzene rings is 2. The molecule has 144 valence electrons. The van der Waals surface area contributed by atoms with Gasteiger partial charge in [0.15, 0.2) is 11.5 Å². The molecule has 1 aliphatic rings. The van der Waals surface area contributed by atoms with Crippen LogP contribution in [-0.4, -0.2) is 48.8 Å².